The van der Waals surface area contributed by atoms with E-state index in [0.29, 0.717) is 17.8 Å². The number of halogens is 1. The molecule has 3 rings (SSSR count). The van der Waals surface area contributed by atoms with Crippen LogP contribution in [0.2, 0.25) is 0 Å². The predicted octanol–water partition coefficient (Wildman–Crippen LogP) is 2.93. The van der Waals surface area contributed by atoms with Crippen LogP contribution in [0.1, 0.15) is 16.1 Å². The molecule has 0 aliphatic carbocycles. The number of nitrogens with one attached hydrogen (secondary N) is 3. The molecule has 3 N–H and O–H groups in total. The lowest BCUT2D eigenvalue weighted by Crippen LogP contribution is -2.47. The molecule has 0 bridgehead atoms. The second-order valence-corrected chi connectivity index (χ2v) is 6.82. The Kier molecular flexibility index (Phi) is 6.03. The highest BCUT2D eigenvalue weighted by Gasteiger charge is 2.23. The Balaban J connectivity index is 1.76. The van der Waals surface area contributed by atoms with Crippen LogP contribution in [-0.2, 0) is 11.2 Å². The molecule has 0 saturated carbocycles. The fourth-order valence-corrected chi connectivity index (χ4v) is 3.14. The normalized spacial score (nSPS) is 11.6. The molecule has 0 radical (unpaired) electrons. The van der Waals surface area contributed by atoms with Gasteiger partial charge in [0.1, 0.15) is 11.7 Å². The molecule has 138 valence electrons. The average Bonchev–Trinajstić information content (AvgIpc) is 3.19. The Morgan fingerprint density at radius 2 is 1.81 bits per heavy atom. The number of nitrogens with zero attached hydrogens (tertiary/aromatic N) is 1. The number of carbonyl (C=O) groups excluding carboxylic acids is 2. The van der Waals surface area contributed by atoms with Gasteiger partial charge in [-0.2, -0.15) is 5.10 Å². The molecule has 1 unspecified atom stereocenters. The summed E-state index contributed by atoms with van der Waals surface area (Å²) in [6.45, 7) is 0. The summed E-state index contributed by atoms with van der Waals surface area (Å²) in [6.07, 6.45) is 0.368. The van der Waals surface area contributed by atoms with Crippen molar-refractivity contribution in [1.82, 2.24) is 20.8 Å². The summed E-state index contributed by atoms with van der Waals surface area (Å²) in [4.78, 5) is 24.9. The van der Waals surface area contributed by atoms with Crippen LogP contribution in [-0.4, -0.2) is 35.1 Å². The van der Waals surface area contributed by atoms with Crippen molar-refractivity contribution < 1.29 is 9.59 Å². The average molecular weight is 427 g/mol. The molecule has 0 fully saturated rings. The number of amides is 2. The van der Waals surface area contributed by atoms with Gasteiger partial charge in [0.25, 0.3) is 5.91 Å². The molecule has 1 aromatic heterocycles. The fourth-order valence-electron chi connectivity index (χ4n) is 2.70. The number of aromatic nitrogens is 2. The van der Waals surface area contributed by atoms with Crippen molar-refractivity contribution in [1.29, 1.82) is 0 Å². The lowest BCUT2D eigenvalue weighted by molar-refractivity contribution is -0.122. The van der Waals surface area contributed by atoms with Crippen LogP contribution in [0.5, 0.6) is 0 Å². The summed E-state index contributed by atoms with van der Waals surface area (Å²) < 4.78 is 0.890. The van der Waals surface area contributed by atoms with Gasteiger partial charge in [-0.1, -0.05) is 64.5 Å². The summed E-state index contributed by atoms with van der Waals surface area (Å²) >= 11 is 3.48. The van der Waals surface area contributed by atoms with Gasteiger partial charge in [-0.3, -0.25) is 14.7 Å². The fraction of sp³-hybridized carbons (Fsp3) is 0.150. The molecule has 1 atom stereocenters. The molecule has 2 aromatic carbocycles. The summed E-state index contributed by atoms with van der Waals surface area (Å²) in [6, 6.07) is 18.1. The topological polar surface area (TPSA) is 86.9 Å². The number of benzene rings is 2. The van der Waals surface area contributed by atoms with Gasteiger partial charge in [0, 0.05) is 23.5 Å². The molecule has 7 heteroatoms. The van der Waals surface area contributed by atoms with Gasteiger partial charge in [0.15, 0.2) is 0 Å². The minimum atomic E-state index is -0.704. The largest absolute Gasteiger partial charge is 0.357 e. The molecule has 0 aliphatic rings. The Morgan fingerprint density at radius 3 is 2.52 bits per heavy atom. The summed E-state index contributed by atoms with van der Waals surface area (Å²) in [7, 11) is 1.55. The van der Waals surface area contributed by atoms with Crippen molar-refractivity contribution in [2.75, 3.05) is 7.05 Å². The van der Waals surface area contributed by atoms with E-state index < -0.39 is 6.04 Å². The van der Waals surface area contributed by atoms with Gasteiger partial charge in [-0.05, 0) is 17.7 Å². The first-order chi connectivity index (χ1) is 13.1. The Morgan fingerprint density at radius 1 is 1.11 bits per heavy atom. The molecule has 27 heavy (non-hydrogen) atoms. The molecular weight excluding hydrogens is 408 g/mol. The summed E-state index contributed by atoms with van der Waals surface area (Å²) in [5.41, 5.74) is 2.81. The van der Waals surface area contributed by atoms with E-state index in [1.165, 1.54) is 0 Å². The third-order valence-electron chi connectivity index (χ3n) is 4.14. The molecule has 6 nitrogen and oxygen atoms in total. The third-order valence-corrected chi connectivity index (χ3v) is 4.92. The first-order valence-corrected chi connectivity index (χ1v) is 9.24. The van der Waals surface area contributed by atoms with Crippen molar-refractivity contribution >= 4 is 27.7 Å². The van der Waals surface area contributed by atoms with E-state index in [4.69, 9.17) is 0 Å². The zero-order chi connectivity index (χ0) is 19.2. The van der Waals surface area contributed by atoms with Crippen LogP contribution in [0.25, 0.3) is 11.3 Å². The summed E-state index contributed by atoms with van der Waals surface area (Å²) in [5, 5.41) is 12.3. The van der Waals surface area contributed by atoms with E-state index in [9.17, 15) is 9.59 Å². The lowest BCUT2D eigenvalue weighted by Gasteiger charge is -2.17. The first kappa shape index (κ1) is 18.8. The maximum Gasteiger partial charge on any atom is 0.269 e. The minimum Gasteiger partial charge on any atom is -0.357 e. The smallest absolute Gasteiger partial charge is 0.269 e. The van der Waals surface area contributed by atoms with Crippen molar-refractivity contribution in [3.8, 4) is 11.3 Å². The standard InChI is InChI=1S/C20H19BrN4O2/c1-22-19(26)17(11-14-9-5-6-10-15(14)21)23-20(27)18-12-16(24-25-18)13-7-3-2-4-8-13/h2-10,12,17H,11H2,1H3,(H,22,26)(H,23,27)(H,24,25). The number of H-pyrrole nitrogens is 1. The zero-order valence-corrected chi connectivity index (χ0v) is 16.3. The molecule has 2 amide bonds. The van der Waals surface area contributed by atoms with Crippen molar-refractivity contribution in [3.05, 3.63) is 76.4 Å². The third kappa shape index (κ3) is 4.62. The number of aromatic amines is 1. The first-order valence-electron chi connectivity index (χ1n) is 8.45. The SMILES string of the molecule is CNC(=O)C(Cc1ccccc1Br)NC(=O)c1cc(-c2ccccc2)n[nH]1. The summed E-state index contributed by atoms with van der Waals surface area (Å²) in [5.74, 6) is -0.646. The van der Waals surface area contributed by atoms with E-state index in [-0.39, 0.29) is 11.8 Å². The minimum absolute atomic E-state index is 0.262. The Labute approximate surface area is 165 Å². The molecule has 0 spiro atoms. The molecule has 1 heterocycles. The number of hydrogen-bond donors (Lipinski definition) is 3. The quantitative estimate of drug-likeness (QED) is 0.566. The van der Waals surface area contributed by atoms with Crippen molar-refractivity contribution in [3.63, 3.8) is 0 Å². The van der Waals surface area contributed by atoms with Gasteiger partial charge < -0.3 is 10.6 Å². The van der Waals surface area contributed by atoms with Gasteiger partial charge in [-0.15, -0.1) is 0 Å². The molecule has 3 aromatic rings. The van der Waals surface area contributed by atoms with Crippen LogP contribution in [0.15, 0.2) is 65.1 Å². The van der Waals surface area contributed by atoms with Crippen LogP contribution >= 0.6 is 15.9 Å². The van der Waals surface area contributed by atoms with Crippen LogP contribution in [0.3, 0.4) is 0 Å². The van der Waals surface area contributed by atoms with Gasteiger partial charge in [-0.25, -0.2) is 0 Å². The monoisotopic (exact) mass is 426 g/mol. The number of likely N-dealkylation sites (N-methyl/N-ethyl adjacent to an activating group) is 1. The number of hydrogen-bond acceptors (Lipinski definition) is 3. The van der Waals surface area contributed by atoms with Gasteiger partial charge in [0.05, 0.1) is 5.69 Å². The Hall–Kier alpha value is -2.93. The van der Waals surface area contributed by atoms with Gasteiger partial charge >= 0.3 is 0 Å². The van der Waals surface area contributed by atoms with E-state index >= 15 is 0 Å². The highest BCUT2D eigenvalue weighted by atomic mass is 79.9. The molecular formula is C20H19BrN4O2. The Bertz CT molecular complexity index is 940. The number of carbonyl (C=O) groups is 2. The predicted molar refractivity (Wildman–Crippen MR) is 107 cm³/mol. The second-order valence-electron chi connectivity index (χ2n) is 5.97. The highest BCUT2D eigenvalue weighted by Crippen LogP contribution is 2.19. The second kappa shape index (κ2) is 8.64. The highest BCUT2D eigenvalue weighted by molar-refractivity contribution is 9.10. The van der Waals surface area contributed by atoms with Crippen LogP contribution in [0, 0.1) is 0 Å². The maximum atomic E-state index is 12.6. The van der Waals surface area contributed by atoms with E-state index in [1.54, 1.807) is 13.1 Å². The lowest BCUT2D eigenvalue weighted by atomic mass is 10.0. The van der Waals surface area contributed by atoms with Gasteiger partial charge in [0.2, 0.25) is 5.91 Å². The maximum absolute atomic E-state index is 12.6. The van der Waals surface area contributed by atoms with E-state index in [0.717, 1.165) is 15.6 Å². The van der Waals surface area contributed by atoms with E-state index in [1.807, 2.05) is 54.6 Å². The molecule has 0 saturated heterocycles. The number of rotatable bonds is 6. The van der Waals surface area contributed by atoms with Crippen LogP contribution < -0.4 is 10.6 Å². The zero-order valence-electron chi connectivity index (χ0n) is 14.7. The van der Waals surface area contributed by atoms with Crippen LogP contribution in [0.4, 0.5) is 0 Å². The van der Waals surface area contributed by atoms with E-state index in [2.05, 4.69) is 36.8 Å². The van der Waals surface area contributed by atoms with Crippen molar-refractivity contribution in [2.24, 2.45) is 0 Å². The molecule has 0 aliphatic heterocycles. The van der Waals surface area contributed by atoms with Crippen molar-refractivity contribution in [2.45, 2.75) is 12.5 Å².